The van der Waals surface area contributed by atoms with Gasteiger partial charge in [-0.05, 0) is 38.0 Å². The van der Waals surface area contributed by atoms with Crippen molar-refractivity contribution >= 4 is 17.5 Å². The quantitative estimate of drug-likeness (QED) is 0.877. The topological polar surface area (TPSA) is 61.4 Å². The van der Waals surface area contributed by atoms with Gasteiger partial charge < -0.3 is 15.5 Å². The molecular weight excluding hydrogens is 290 g/mol. The molecule has 1 aromatic carbocycles. The summed E-state index contributed by atoms with van der Waals surface area (Å²) in [5.74, 6) is 0.108. The molecule has 5 heteroatoms. The largest absolute Gasteiger partial charge is 0.382 e. The maximum Gasteiger partial charge on any atom is 0.251 e. The number of amides is 2. The van der Waals surface area contributed by atoms with Gasteiger partial charge in [-0.15, -0.1) is 0 Å². The van der Waals surface area contributed by atoms with Crippen molar-refractivity contribution in [2.45, 2.75) is 45.1 Å². The molecular formula is C18H27N3O2. The van der Waals surface area contributed by atoms with Gasteiger partial charge in [0.15, 0.2) is 0 Å². The van der Waals surface area contributed by atoms with Crippen molar-refractivity contribution < 1.29 is 9.59 Å². The van der Waals surface area contributed by atoms with Gasteiger partial charge in [0.2, 0.25) is 5.91 Å². The van der Waals surface area contributed by atoms with Crippen molar-refractivity contribution in [1.82, 2.24) is 10.2 Å². The zero-order valence-corrected chi connectivity index (χ0v) is 14.1. The minimum atomic E-state index is -0.109. The molecule has 2 N–H and O–H groups in total. The first-order valence-corrected chi connectivity index (χ1v) is 8.46. The Morgan fingerprint density at radius 2 is 1.87 bits per heavy atom. The van der Waals surface area contributed by atoms with E-state index in [4.69, 9.17) is 0 Å². The number of hydrogen-bond donors (Lipinski definition) is 2. The highest BCUT2D eigenvalue weighted by Crippen LogP contribution is 2.15. The SMILES string of the molecule is CNC(=O)c1cccc(N[C@H](C)CC(=O)N2CCCCCC2)c1. The maximum atomic E-state index is 12.4. The third-order valence-corrected chi connectivity index (χ3v) is 4.20. The van der Waals surface area contributed by atoms with Crippen LogP contribution in [-0.4, -0.2) is 42.9 Å². The summed E-state index contributed by atoms with van der Waals surface area (Å²) in [6, 6.07) is 7.38. The number of carbonyl (C=O) groups excluding carboxylic acids is 2. The molecule has 1 aliphatic heterocycles. The van der Waals surface area contributed by atoms with E-state index in [1.54, 1.807) is 13.1 Å². The summed E-state index contributed by atoms with van der Waals surface area (Å²) in [5.41, 5.74) is 1.48. The number of nitrogens with zero attached hydrogens (tertiary/aromatic N) is 1. The van der Waals surface area contributed by atoms with Crippen LogP contribution in [0.4, 0.5) is 5.69 Å². The average Bonchev–Trinajstić information content (AvgIpc) is 2.83. The molecule has 2 amide bonds. The van der Waals surface area contributed by atoms with Crippen LogP contribution in [0.2, 0.25) is 0 Å². The van der Waals surface area contributed by atoms with Crippen LogP contribution in [0.25, 0.3) is 0 Å². The monoisotopic (exact) mass is 317 g/mol. The average molecular weight is 317 g/mol. The Balaban J connectivity index is 1.89. The Bertz CT molecular complexity index is 537. The van der Waals surface area contributed by atoms with E-state index in [1.165, 1.54) is 12.8 Å². The van der Waals surface area contributed by atoms with E-state index in [0.29, 0.717) is 12.0 Å². The number of nitrogens with one attached hydrogen (secondary N) is 2. The van der Waals surface area contributed by atoms with Gasteiger partial charge in [0.25, 0.3) is 5.91 Å². The summed E-state index contributed by atoms with van der Waals surface area (Å²) >= 11 is 0. The van der Waals surface area contributed by atoms with Crippen LogP contribution in [0.15, 0.2) is 24.3 Å². The van der Waals surface area contributed by atoms with E-state index < -0.39 is 0 Å². The van der Waals surface area contributed by atoms with Crippen molar-refractivity contribution in [2.75, 3.05) is 25.5 Å². The predicted octanol–water partition coefficient (Wildman–Crippen LogP) is 2.64. The van der Waals surface area contributed by atoms with Gasteiger partial charge in [-0.2, -0.15) is 0 Å². The Labute approximate surface area is 138 Å². The molecule has 1 atom stereocenters. The maximum absolute atomic E-state index is 12.4. The fraction of sp³-hybridized carbons (Fsp3) is 0.556. The molecule has 5 nitrogen and oxygen atoms in total. The van der Waals surface area contributed by atoms with Gasteiger partial charge in [-0.3, -0.25) is 9.59 Å². The molecule has 1 aliphatic rings. The zero-order valence-electron chi connectivity index (χ0n) is 14.1. The molecule has 23 heavy (non-hydrogen) atoms. The van der Waals surface area contributed by atoms with Crippen molar-refractivity contribution in [3.05, 3.63) is 29.8 Å². The van der Waals surface area contributed by atoms with E-state index in [1.807, 2.05) is 30.0 Å². The summed E-state index contributed by atoms with van der Waals surface area (Å²) in [5, 5.41) is 5.93. The first kappa shape index (κ1) is 17.3. The Hall–Kier alpha value is -2.04. The van der Waals surface area contributed by atoms with Crippen molar-refractivity contribution in [3.8, 4) is 0 Å². The van der Waals surface area contributed by atoms with Gasteiger partial charge in [0.05, 0.1) is 0 Å². The fourth-order valence-electron chi connectivity index (χ4n) is 2.94. The highest BCUT2D eigenvalue weighted by atomic mass is 16.2. The van der Waals surface area contributed by atoms with E-state index in [0.717, 1.165) is 31.6 Å². The van der Waals surface area contributed by atoms with Crippen LogP contribution in [0.3, 0.4) is 0 Å². The van der Waals surface area contributed by atoms with E-state index >= 15 is 0 Å². The van der Waals surface area contributed by atoms with Crippen molar-refractivity contribution in [3.63, 3.8) is 0 Å². The molecule has 0 aromatic heterocycles. The normalized spacial score (nSPS) is 16.3. The van der Waals surface area contributed by atoms with Crippen LogP contribution < -0.4 is 10.6 Å². The van der Waals surface area contributed by atoms with Crippen LogP contribution >= 0.6 is 0 Å². The second-order valence-electron chi connectivity index (χ2n) is 6.20. The number of anilines is 1. The Kier molecular flexibility index (Phi) is 6.44. The third-order valence-electron chi connectivity index (χ3n) is 4.20. The van der Waals surface area contributed by atoms with Crippen LogP contribution in [0.5, 0.6) is 0 Å². The standard InChI is InChI=1S/C18H27N3O2/c1-14(12-17(22)21-10-5-3-4-6-11-21)20-16-9-7-8-15(13-16)18(23)19-2/h7-9,13-14,20H,3-6,10-12H2,1-2H3,(H,19,23)/t14-/m1/s1. The van der Waals surface area contributed by atoms with E-state index in [-0.39, 0.29) is 17.9 Å². The van der Waals surface area contributed by atoms with Gasteiger partial charge in [-0.25, -0.2) is 0 Å². The fourth-order valence-corrected chi connectivity index (χ4v) is 2.94. The summed E-state index contributed by atoms with van der Waals surface area (Å²) in [7, 11) is 1.62. The van der Waals surface area contributed by atoms with Gasteiger partial charge >= 0.3 is 0 Å². The molecule has 126 valence electrons. The highest BCUT2D eigenvalue weighted by Gasteiger charge is 2.18. The molecule has 0 saturated carbocycles. The molecule has 1 fully saturated rings. The number of benzene rings is 1. The number of carbonyl (C=O) groups is 2. The molecule has 1 aromatic rings. The molecule has 1 heterocycles. The third kappa shape index (κ3) is 5.27. The number of likely N-dealkylation sites (tertiary alicyclic amines) is 1. The summed E-state index contributed by atoms with van der Waals surface area (Å²) < 4.78 is 0. The van der Waals surface area contributed by atoms with Crippen LogP contribution in [0, 0.1) is 0 Å². The lowest BCUT2D eigenvalue weighted by atomic mass is 10.1. The number of rotatable bonds is 5. The van der Waals surface area contributed by atoms with Gasteiger partial charge in [0.1, 0.15) is 0 Å². The molecule has 0 radical (unpaired) electrons. The summed E-state index contributed by atoms with van der Waals surface area (Å²) in [6.07, 6.45) is 5.15. The highest BCUT2D eigenvalue weighted by molar-refractivity contribution is 5.94. The van der Waals surface area contributed by atoms with E-state index in [2.05, 4.69) is 10.6 Å². The smallest absolute Gasteiger partial charge is 0.251 e. The molecule has 0 bridgehead atoms. The molecule has 1 saturated heterocycles. The summed E-state index contributed by atoms with van der Waals surface area (Å²) in [6.45, 7) is 3.78. The predicted molar refractivity (Wildman–Crippen MR) is 92.6 cm³/mol. The molecule has 2 rings (SSSR count). The van der Waals surface area contributed by atoms with Gasteiger partial charge in [0, 0.05) is 43.9 Å². The van der Waals surface area contributed by atoms with Crippen molar-refractivity contribution in [1.29, 1.82) is 0 Å². The van der Waals surface area contributed by atoms with Crippen LogP contribution in [0.1, 0.15) is 49.4 Å². The van der Waals surface area contributed by atoms with Gasteiger partial charge in [-0.1, -0.05) is 18.9 Å². The lowest BCUT2D eigenvalue weighted by Gasteiger charge is -2.23. The molecule has 0 unspecified atom stereocenters. The Morgan fingerprint density at radius 1 is 1.17 bits per heavy atom. The lowest BCUT2D eigenvalue weighted by Crippen LogP contribution is -2.35. The number of hydrogen-bond acceptors (Lipinski definition) is 3. The lowest BCUT2D eigenvalue weighted by molar-refractivity contribution is -0.131. The Morgan fingerprint density at radius 3 is 2.52 bits per heavy atom. The summed E-state index contributed by atoms with van der Waals surface area (Å²) in [4.78, 5) is 26.1. The molecule has 0 spiro atoms. The first-order valence-electron chi connectivity index (χ1n) is 8.46. The van der Waals surface area contributed by atoms with E-state index in [9.17, 15) is 9.59 Å². The second-order valence-corrected chi connectivity index (χ2v) is 6.20. The first-order chi connectivity index (χ1) is 11.1. The van der Waals surface area contributed by atoms with Crippen LogP contribution in [-0.2, 0) is 4.79 Å². The molecule has 0 aliphatic carbocycles. The van der Waals surface area contributed by atoms with Crippen molar-refractivity contribution in [2.24, 2.45) is 0 Å². The minimum Gasteiger partial charge on any atom is -0.382 e. The second kappa shape index (κ2) is 8.56. The minimum absolute atomic E-state index is 0.0330. The zero-order chi connectivity index (χ0) is 16.7.